The number of benzene rings is 2. The lowest BCUT2D eigenvalue weighted by Gasteiger charge is -2.17. The molecule has 1 aliphatic rings. The highest BCUT2D eigenvalue weighted by Gasteiger charge is 2.18. The van der Waals surface area contributed by atoms with Crippen LogP contribution in [0.5, 0.6) is 11.5 Å². The van der Waals surface area contributed by atoms with Crippen LogP contribution in [0, 0.1) is 0 Å². The van der Waals surface area contributed by atoms with Crippen LogP contribution in [0.4, 0.5) is 20.2 Å². The number of fused-ring (bicyclic) bond motifs is 1. The van der Waals surface area contributed by atoms with Crippen LogP contribution >= 0.6 is 11.8 Å². The molecule has 0 fully saturated rings. The zero-order chi connectivity index (χ0) is 18.7. The zero-order valence-corrected chi connectivity index (χ0v) is 14.4. The minimum absolute atomic E-state index is 0.122. The number of ether oxygens (including phenoxy) is 2. The molecule has 0 spiro atoms. The second kappa shape index (κ2) is 7.61. The predicted octanol–water partition coefficient (Wildman–Crippen LogP) is 3.59. The van der Waals surface area contributed by atoms with E-state index in [9.17, 15) is 18.4 Å². The molecule has 2 aromatic carbocycles. The molecular formula is C17H14F2N2O4S. The summed E-state index contributed by atoms with van der Waals surface area (Å²) < 4.78 is 34.3. The average Bonchev–Trinajstić information content (AvgIpc) is 2.60. The summed E-state index contributed by atoms with van der Waals surface area (Å²) in [5.41, 5.74) is 1.15. The number of carbonyl (C=O) groups excluding carboxylic acids is 2. The molecule has 0 saturated heterocycles. The van der Waals surface area contributed by atoms with Crippen LogP contribution in [0.25, 0.3) is 0 Å². The third kappa shape index (κ3) is 4.05. The van der Waals surface area contributed by atoms with Crippen molar-refractivity contribution in [2.45, 2.75) is 11.5 Å². The summed E-state index contributed by atoms with van der Waals surface area (Å²) in [6.07, 6.45) is 0. The third-order valence-corrected chi connectivity index (χ3v) is 4.59. The summed E-state index contributed by atoms with van der Waals surface area (Å²) in [4.78, 5) is 24.8. The topological polar surface area (TPSA) is 76.7 Å². The Kier molecular flexibility index (Phi) is 5.27. The molecule has 1 aliphatic heterocycles. The molecule has 0 saturated carbocycles. The van der Waals surface area contributed by atoms with Gasteiger partial charge in [-0.2, -0.15) is 8.78 Å². The van der Waals surface area contributed by atoms with E-state index in [4.69, 9.17) is 4.74 Å². The molecule has 2 aromatic rings. The number of hydrogen-bond acceptors (Lipinski definition) is 5. The number of carbonyl (C=O) groups is 2. The van der Waals surface area contributed by atoms with Gasteiger partial charge in [0, 0.05) is 22.2 Å². The van der Waals surface area contributed by atoms with E-state index in [1.54, 1.807) is 18.2 Å². The molecule has 6 nitrogen and oxygen atoms in total. The van der Waals surface area contributed by atoms with Gasteiger partial charge in [-0.05, 0) is 30.3 Å². The Morgan fingerprint density at radius 2 is 2.04 bits per heavy atom. The smallest absolute Gasteiger partial charge is 0.387 e. The van der Waals surface area contributed by atoms with Crippen molar-refractivity contribution in [2.24, 2.45) is 0 Å². The number of amides is 2. The number of alkyl halides is 2. The van der Waals surface area contributed by atoms with Crippen molar-refractivity contribution in [3.8, 4) is 11.5 Å². The van der Waals surface area contributed by atoms with Gasteiger partial charge in [0.25, 0.3) is 5.91 Å². The minimum atomic E-state index is -3.02. The zero-order valence-electron chi connectivity index (χ0n) is 13.5. The number of anilines is 2. The normalized spacial score (nSPS) is 13.0. The van der Waals surface area contributed by atoms with E-state index in [-0.39, 0.29) is 23.1 Å². The number of methoxy groups -OCH3 is 1. The molecule has 3 rings (SSSR count). The second-order valence-electron chi connectivity index (χ2n) is 5.25. The lowest BCUT2D eigenvalue weighted by Crippen LogP contribution is -2.20. The number of thioether (sulfide) groups is 1. The van der Waals surface area contributed by atoms with E-state index in [0.29, 0.717) is 17.0 Å². The van der Waals surface area contributed by atoms with Gasteiger partial charge >= 0.3 is 6.61 Å². The van der Waals surface area contributed by atoms with Crippen molar-refractivity contribution in [2.75, 3.05) is 23.5 Å². The first-order valence-corrected chi connectivity index (χ1v) is 8.45. The minimum Gasteiger partial charge on any atom is -0.493 e. The lowest BCUT2D eigenvalue weighted by atomic mass is 10.1. The van der Waals surface area contributed by atoms with E-state index < -0.39 is 12.5 Å². The molecule has 0 radical (unpaired) electrons. The first kappa shape index (κ1) is 18.0. The van der Waals surface area contributed by atoms with Gasteiger partial charge in [-0.1, -0.05) is 0 Å². The maximum Gasteiger partial charge on any atom is 0.387 e. The molecule has 0 atom stereocenters. The number of rotatable bonds is 5. The van der Waals surface area contributed by atoms with E-state index in [0.717, 1.165) is 4.90 Å². The Labute approximate surface area is 151 Å². The molecule has 0 aromatic heterocycles. The molecule has 1 heterocycles. The van der Waals surface area contributed by atoms with Crippen LogP contribution in [0.15, 0.2) is 41.3 Å². The van der Waals surface area contributed by atoms with Crippen molar-refractivity contribution in [3.63, 3.8) is 0 Å². The number of hydrogen-bond donors (Lipinski definition) is 2. The van der Waals surface area contributed by atoms with Crippen molar-refractivity contribution in [1.29, 1.82) is 0 Å². The molecule has 9 heteroatoms. The van der Waals surface area contributed by atoms with Gasteiger partial charge in [0.15, 0.2) is 11.5 Å². The monoisotopic (exact) mass is 380 g/mol. The fraction of sp³-hybridized carbons (Fsp3) is 0.176. The molecule has 2 amide bonds. The Bertz CT molecular complexity index is 861. The highest BCUT2D eigenvalue weighted by Crippen LogP contribution is 2.33. The first-order valence-electron chi connectivity index (χ1n) is 7.47. The standard InChI is InChI=1S/C17H14F2N2O4S/c1-24-12-4-3-10(7-13(12)25-17(18)19)20-16(23)9-2-5-14-11(6-9)21-15(22)8-26-14/h2-7,17H,8H2,1H3,(H,20,23)(H,21,22). The van der Waals surface area contributed by atoms with Gasteiger partial charge in [0.05, 0.1) is 18.6 Å². The molecule has 0 bridgehead atoms. The van der Waals surface area contributed by atoms with E-state index in [1.807, 2.05) is 0 Å². The van der Waals surface area contributed by atoms with E-state index in [1.165, 1.54) is 37.1 Å². The summed E-state index contributed by atoms with van der Waals surface area (Å²) in [7, 11) is 1.32. The maximum atomic E-state index is 12.5. The molecule has 0 unspecified atom stereocenters. The average molecular weight is 380 g/mol. The van der Waals surface area contributed by atoms with Gasteiger partial charge in [-0.25, -0.2) is 0 Å². The van der Waals surface area contributed by atoms with Crippen LogP contribution in [-0.4, -0.2) is 31.3 Å². The summed E-state index contributed by atoms with van der Waals surface area (Å²) in [5, 5.41) is 5.31. The van der Waals surface area contributed by atoms with Gasteiger partial charge in [0.2, 0.25) is 5.91 Å². The highest BCUT2D eigenvalue weighted by molar-refractivity contribution is 8.00. The van der Waals surface area contributed by atoms with Gasteiger partial charge in [0.1, 0.15) is 0 Å². The maximum absolute atomic E-state index is 12.5. The van der Waals surface area contributed by atoms with Gasteiger partial charge in [-0.3, -0.25) is 9.59 Å². The Balaban J connectivity index is 1.79. The second-order valence-corrected chi connectivity index (χ2v) is 6.26. The van der Waals surface area contributed by atoms with Crippen molar-refractivity contribution in [3.05, 3.63) is 42.0 Å². The van der Waals surface area contributed by atoms with Gasteiger partial charge in [-0.15, -0.1) is 11.8 Å². The van der Waals surface area contributed by atoms with Crippen LogP contribution in [0.2, 0.25) is 0 Å². The summed E-state index contributed by atoms with van der Waals surface area (Å²) in [6, 6.07) is 9.10. The van der Waals surface area contributed by atoms with Crippen molar-refractivity contribution < 1.29 is 27.8 Å². The fourth-order valence-corrected chi connectivity index (χ4v) is 3.16. The molecule has 26 heavy (non-hydrogen) atoms. The SMILES string of the molecule is COc1ccc(NC(=O)c2ccc3c(c2)NC(=O)CS3)cc1OC(F)F. The molecular weight excluding hydrogens is 366 g/mol. The summed E-state index contributed by atoms with van der Waals surface area (Å²) >= 11 is 1.39. The van der Waals surface area contributed by atoms with Crippen LogP contribution < -0.4 is 20.1 Å². The molecule has 0 aliphatic carbocycles. The fourth-order valence-electron chi connectivity index (χ4n) is 2.37. The number of halogens is 2. The van der Waals surface area contributed by atoms with Crippen LogP contribution in [0.3, 0.4) is 0 Å². The van der Waals surface area contributed by atoms with Crippen LogP contribution in [-0.2, 0) is 4.79 Å². The Morgan fingerprint density at radius 3 is 2.77 bits per heavy atom. The predicted molar refractivity (Wildman–Crippen MR) is 93.4 cm³/mol. The quantitative estimate of drug-likeness (QED) is 0.829. The Morgan fingerprint density at radius 1 is 1.23 bits per heavy atom. The molecule has 2 N–H and O–H groups in total. The van der Waals surface area contributed by atoms with E-state index in [2.05, 4.69) is 15.4 Å². The summed E-state index contributed by atoms with van der Waals surface area (Å²) in [5.74, 6) is -0.321. The van der Waals surface area contributed by atoms with Gasteiger partial charge < -0.3 is 20.1 Å². The van der Waals surface area contributed by atoms with Crippen LogP contribution in [0.1, 0.15) is 10.4 Å². The Hall–Kier alpha value is -2.81. The third-order valence-electron chi connectivity index (χ3n) is 3.51. The number of nitrogens with one attached hydrogen (secondary N) is 2. The van der Waals surface area contributed by atoms with E-state index >= 15 is 0 Å². The lowest BCUT2D eigenvalue weighted by molar-refractivity contribution is -0.113. The summed E-state index contributed by atoms with van der Waals surface area (Å²) in [6.45, 7) is -3.02. The highest BCUT2D eigenvalue weighted by atomic mass is 32.2. The van der Waals surface area contributed by atoms with Crippen molar-refractivity contribution in [1.82, 2.24) is 0 Å². The molecule has 136 valence electrons. The largest absolute Gasteiger partial charge is 0.493 e. The first-order chi connectivity index (χ1) is 12.5. The van der Waals surface area contributed by atoms with Crippen molar-refractivity contribution >= 4 is 35.0 Å².